The van der Waals surface area contributed by atoms with Crippen molar-refractivity contribution in [3.05, 3.63) is 35.4 Å². The predicted octanol–water partition coefficient (Wildman–Crippen LogP) is 3.38. The highest BCUT2D eigenvalue weighted by molar-refractivity contribution is 5.34. The zero-order chi connectivity index (χ0) is 13.7. The Labute approximate surface area is 118 Å². The van der Waals surface area contributed by atoms with E-state index in [0.29, 0.717) is 12.1 Å². The Hall–Kier alpha value is -0.860. The first-order chi connectivity index (χ1) is 9.31. The molecule has 0 amide bonds. The SMILES string of the molecule is CCCN(CCC)C1CCc2ccccc2C1NC. The molecule has 1 N–H and O–H groups in total. The Morgan fingerprint density at radius 1 is 1.16 bits per heavy atom. The van der Waals surface area contributed by atoms with Crippen molar-refractivity contribution >= 4 is 0 Å². The van der Waals surface area contributed by atoms with Crippen LogP contribution in [0, 0.1) is 0 Å². The lowest BCUT2D eigenvalue weighted by Crippen LogP contribution is -2.47. The summed E-state index contributed by atoms with van der Waals surface area (Å²) in [4.78, 5) is 2.69. The summed E-state index contributed by atoms with van der Waals surface area (Å²) in [6.07, 6.45) is 4.99. The highest BCUT2D eigenvalue weighted by atomic mass is 15.2. The molecule has 0 spiro atoms. The summed E-state index contributed by atoms with van der Waals surface area (Å²) in [5.74, 6) is 0. The number of nitrogens with one attached hydrogen (secondary N) is 1. The molecule has 19 heavy (non-hydrogen) atoms. The van der Waals surface area contributed by atoms with Gasteiger partial charge in [-0.2, -0.15) is 0 Å². The minimum absolute atomic E-state index is 0.489. The van der Waals surface area contributed by atoms with Gasteiger partial charge in [0.15, 0.2) is 0 Å². The van der Waals surface area contributed by atoms with E-state index in [1.165, 1.54) is 49.9 Å². The number of nitrogens with zero attached hydrogens (tertiary/aromatic N) is 1. The molecule has 106 valence electrons. The summed E-state index contributed by atoms with van der Waals surface area (Å²) in [5, 5.41) is 3.57. The molecular weight excluding hydrogens is 232 g/mol. The Balaban J connectivity index is 2.22. The molecule has 0 radical (unpaired) electrons. The van der Waals surface area contributed by atoms with E-state index in [-0.39, 0.29) is 0 Å². The first kappa shape index (κ1) is 14.5. The normalized spacial score (nSPS) is 22.5. The summed E-state index contributed by atoms with van der Waals surface area (Å²) < 4.78 is 0. The van der Waals surface area contributed by atoms with Crippen LogP contribution in [0.4, 0.5) is 0 Å². The number of hydrogen-bond acceptors (Lipinski definition) is 2. The average Bonchev–Trinajstić information content (AvgIpc) is 2.46. The fraction of sp³-hybridized carbons (Fsp3) is 0.647. The quantitative estimate of drug-likeness (QED) is 0.843. The number of likely N-dealkylation sites (N-methyl/N-ethyl adjacent to an activating group) is 1. The molecule has 0 aromatic heterocycles. The van der Waals surface area contributed by atoms with Gasteiger partial charge in [0.1, 0.15) is 0 Å². The molecule has 0 saturated carbocycles. The zero-order valence-corrected chi connectivity index (χ0v) is 12.7. The van der Waals surface area contributed by atoms with E-state index in [0.717, 1.165) is 0 Å². The van der Waals surface area contributed by atoms with Gasteiger partial charge in [-0.3, -0.25) is 4.90 Å². The molecular formula is C17H28N2. The molecule has 0 heterocycles. The molecule has 2 unspecified atom stereocenters. The van der Waals surface area contributed by atoms with E-state index < -0.39 is 0 Å². The summed E-state index contributed by atoms with van der Waals surface area (Å²) in [7, 11) is 2.11. The molecule has 1 aliphatic rings. The Morgan fingerprint density at radius 2 is 1.84 bits per heavy atom. The maximum atomic E-state index is 3.57. The maximum Gasteiger partial charge on any atom is 0.0478 e. The van der Waals surface area contributed by atoms with Crippen LogP contribution in [0.25, 0.3) is 0 Å². The van der Waals surface area contributed by atoms with E-state index in [4.69, 9.17) is 0 Å². The summed E-state index contributed by atoms with van der Waals surface area (Å²) in [6.45, 7) is 7.01. The van der Waals surface area contributed by atoms with Crippen molar-refractivity contribution in [1.29, 1.82) is 0 Å². The van der Waals surface area contributed by atoms with Gasteiger partial charge < -0.3 is 5.32 Å². The second-order valence-corrected chi connectivity index (χ2v) is 5.61. The summed E-state index contributed by atoms with van der Waals surface area (Å²) in [6, 6.07) is 10.1. The highest BCUT2D eigenvalue weighted by Crippen LogP contribution is 2.32. The lowest BCUT2D eigenvalue weighted by molar-refractivity contribution is 0.143. The van der Waals surface area contributed by atoms with Crippen LogP contribution < -0.4 is 5.32 Å². The number of hydrogen-bond donors (Lipinski definition) is 1. The van der Waals surface area contributed by atoms with Crippen LogP contribution in [-0.4, -0.2) is 31.1 Å². The van der Waals surface area contributed by atoms with Crippen molar-refractivity contribution in [2.45, 2.75) is 51.6 Å². The smallest absolute Gasteiger partial charge is 0.0478 e. The van der Waals surface area contributed by atoms with Gasteiger partial charge in [-0.15, -0.1) is 0 Å². The van der Waals surface area contributed by atoms with Crippen LogP contribution in [-0.2, 0) is 6.42 Å². The molecule has 2 rings (SSSR count). The molecule has 0 aliphatic heterocycles. The fourth-order valence-electron chi connectivity index (χ4n) is 3.50. The van der Waals surface area contributed by atoms with Gasteiger partial charge >= 0.3 is 0 Å². The van der Waals surface area contributed by atoms with E-state index in [2.05, 4.69) is 55.4 Å². The molecule has 2 nitrogen and oxygen atoms in total. The first-order valence-electron chi connectivity index (χ1n) is 7.80. The molecule has 1 aromatic carbocycles. The maximum absolute atomic E-state index is 3.57. The van der Waals surface area contributed by atoms with Crippen molar-refractivity contribution in [2.75, 3.05) is 20.1 Å². The molecule has 0 saturated heterocycles. The van der Waals surface area contributed by atoms with Gasteiger partial charge in [0.2, 0.25) is 0 Å². The molecule has 0 fully saturated rings. The largest absolute Gasteiger partial charge is 0.312 e. The number of benzene rings is 1. The second-order valence-electron chi connectivity index (χ2n) is 5.61. The minimum atomic E-state index is 0.489. The van der Waals surface area contributed by atoms with E-state index in [1.807, 2.05) is 0 Å². The number of rotatable bonds is 6. The number of aryl methyl sites for hydroxylation is 1. The molecule has 1 aliphatic carbocycles. The molecule has 1 aromatic rings. The van der Waals surface area contributed by atoms with E-state index in [9.17, 15) is 0 Å². The third kappa shape index (κ3) is 3.18. The lowest BCUT2D eigenvalue weighted by Gasteiger charge is -2.41. The van der Waals surface area contributed by atoms with Crippen LogP contribution in [0.1, 0.15) is 50.3 Å². The standard InChI is InChI=1S/C17H28N2/c1-4-12-19(13-5-2)16-11-10-14-8-6-7-9-15(14)17(16)18-3/h6-9,16-18H,4-5,10-13H2,1-3H3. The number of fused-ring (bicyclic) bond motifs is 1. The van der Waals surface area contributed by atoms with Crippen LogP contribution in [0.3, 0.4) is 0 Å². The van der Waals surface area contributed by atoms with Gasteiger partial charge in [-0.05, 0) is 56.9 Å². The average molecular weight is 260 g/mol. The Bertz CT molecular complexity index is 383. The van der Waals surface area contributed by atoms with Gasteiger partial charge in [0.05, 0.1) is 0 Å². The predicted molar refractivity (Wildman–Crippen MR) is 82.5 cm³/mol. The van der Waals surface area contributed by atoms with Gasteiger partial charge in [-0.25, -0.2) is 0 Å². The van der Waals surface area contributed by atoms with E-state index >= 15 is 0 Å². The zero-order valence-electron chi connectivity index (χ0n) is 12.7. The monoisotopic (exact) mass is 260 g/mol. The van der Waals surface area contributed by atoms with Gasteiger partial charge in [0.25, 0.3) is 0 Å². The third-order valence-electron chi connectivity index (χ3n) is 4.29. The molecule has 0 bridgehead atoms. The van der Waals surface area contributed by atoms with Crippen LogP contribution >= 0.6 is 0 Å². The minimum Gasteiger partial charge on any atom is -0.312 e. The van der Waals surface area contributed by atoms with Crippen molar-refractivity contribution in [3.8, 4) is 0 Å². The van der Waals surface area contributed by atoms with Crippen molar-refractivity contribution in [3.63, 3.8) is 0 Å². The van der Waals surface area contributed by atoms with Crippen LogP contribution in [0.15, 0.2) is 24.3 Å². The van der Waals surface area contributed by atoms with Gasteiger partial charge in [0, 0.05) is 12.1 Å². The summed E-state index contributed by atoms with van der Waals surface area (Å²) >= 11 is 0. The molecule has 2 atom stereocenters. The van der Waals surface area contributed by atoms with E-state index in [1.54, 1.807) is 0 Å². The fourth-order valence-corrected chi connectivity index (χ4v) is 3.50. The van der Waals surface area contributed by atoms with Crippen molar-refractivity contribution in [1.82, 2.24) is 10.2 Å². The summed E-state index contributed by atoms with van der Waals surface area (Å²) in [5.41, 5.74) is 3.05. The second kappa shape index (κ2) is 7.06. The highest BCUT2D eigenvalue weighted by Gasteiger charge is 2.31. The lowest BCUT2D eigenvalue weighted by atomic mass is 9.83. The van der Waals surface area contributed by atoms with Crippen LogP contribution in [0.2, 0.25) is 0 Å². The van der Waals surface area contributed by atoms with Gasteiger partial charge in [-0.1, -0.05) is 38.1 Å². The van der Waals surface area contributed by atoms with Crippen molar-refractivity contribution in [2.24, 2.45) is 0 Å². The molecule has 2 heteroatoms. The van der Waals surface area contributed by atoms with Crippen molar-refractivity contribution < 1.29 is 0 Å². The Kier molecular flexibility index (Phi) is 5.41. The Morgan fingerprint density at radius 3 is 2.47 bits per heavy atom. The van der Waals surface area contributed by atoms with Crippen LogP contribution in [0.5, 0.6) is 0 Å². The first-order valence-corrected chi connectivity index (χ1v) is 7.80. The third-order valence-corrected chi connectivity index (χ3v) is 4.29. The topological polar surface area (TPSA) is 15.3 Å².